The first-order chi connectivity index (χ1) is 69.1. The third-order valence-electron chi connectivity index (χ3n) is 49.3. The second-order valence-electron chi connectivity index (χ2n) is 52.6. The molecule has 26 rings (SSSR count). The van der Waals surface area contributed by atoms with Gasteiger partial charge < -0.3 is 92.1 Å². The fourth-order valence-electron chi connectivity index (χ4n) is 42.8. The van der Waals surface area contributed by atoms with Gasteiger partial charge in [-0.2, -0.15) is 0 Å². The van der Waals surface area contributed by atoms with E-state index >= 15 is 0 Å². The third kappa shape index (κ3) is 19.3. The zero-order valence-electron chi connectivity index (χ0n) is 91.3. The van der Waals surface area contributed by atoms with E-state index in [2.05, 4.69) is 123 Å². The Morgan fingerprint density at radius 3 is 1.20 bits per heavy atom. The van der Waals surface area contributed by atoms with E-state index in [0.717, 1.165) is 273 Å². The first kappa shape index (κ1) is 121. The molecule has 25 nitrogen and oxygen atoms in total. The first-order valence-electron chi connectivity index (χ1n) is 58.7. The number of nitrogens with two attached hydrogens (primary N) is 1. The molecule has 1 radical (unpaired) electrons. The van der Waals surface area contributed by atoms with Gasteiger partial charge in [-0.15, -0.1) is 21.0 Å². The van der Waals surface area contributed by atoms with Crippen LogP contribution in [0.15, 0.2) is 9.46 Å². The molecule has 6 saturated heterocycles. The van der Waals surface area contributed by atoms with Crippen LogP contribution in [0.5, 0.6) is 0 Å². The molecule has 847 valence electrons. The van der Waals surface area contributed by atoms with Crippen molar-refractivity contribution in [2.24, 2.45) is 188 Å². The van der Waals surface area contributed by atoms with Gasteiger partial charge in [0, 0.05) is 117 Å². The van der Waals surface area contributed by atoms with Crippen molar-refractivity contribution in [2.75, 3.05) is 107 Å². The number of ether oxygens (including phenoxy) is 12. The molecule has 26 fully saturated rings. The average molecular weight is 2140 g/mol. The Hall–Kier alpha value is -1.35. The zero-order chi connectivity index (χ0) is 102. The number of thiol groups is 1. The Morgan fingerprint density at radius 2 is 0.736 bits per heavy atom. The molecular weight excluding hydrogens is 1930 g/mol. The summed E-state index contributed by atoms with van der Waals surface area (Å²) in [4.78, 5) is 47.3. The molecule has 20 saturated carbocycles. The van der Waals surface area contributed by atoms with Crippen LogP contribution in [0.4, 0.5) is 0 Å². The number of aliphatic hydroxyl groups excluding tert-OH is 5. The molecule has 15 unspecified atom stereocenters. The van der Waals surface area contributed by atoms with Crippen LogP contribution in [-0.4, -0.2) is 228 Å². The molecule has 0 amide bonds. The molecule has 29 heteroatoms. The molecule has 7 N–H and O–H groups in total. The van der Waals surface area contributed by atoms with Crippen molar-refractivity contribution >= 4 is 64.5 Å². The Morgan fingerprint density at radius 1 is 0.378 bits per heavy atom. The van der Waals surface area contributed by atoms with Crippen molar-refractivity contribution in [3.8, 4) is 0 Å². The summed E-state index contributed by atoms with van der Waals surface area (Å²) < 4.78 is 77.1. The number of nitrogens with zero attached hydrogens (tertiary/aromatic N) is 2. The Kier molecular flexibility index (Phi) is 38.0. The number of carbonyl (C=O) groups excluding carboxylic acids is 3. The van der Waals surface area contributed by atoms with Crippen LogP contribution in [0, 0.1) is 173 Å². The van der Waals surface area contributed by atoms with E-state index in [1.807, 2.05) is 0 Å². The number of rotatable bonds is 6. The molecule has 6 aliphatic heterocycles. The maximum atomic E-state index is 13.6. The van der Waals surface area contributed by atoms with Crippen molar-refractivity contribution in [1.29, 1.82) is 0 Å². The van der Waals surface area contributed by atoms with Crippen molar-refractivity contribution in [3.05, 3.63) is 0 Å². The fraction of sp³-hybridized carbons (Fsp3) is 0.966. The molecule has 0 aromatic heterocycles. The number of hydrogen-bond donors (Lipinski definition) is 7. The van der Waals surface area contributed by atoms with E-state index in [4.69, 9.17) is 61.7 Å². The van der Waals surface area contributed by atoms with Gasteiger partial charge in [-0.05, 0) is 358 Å². The summed E-state index contributed by atoms with van der Waals surface area (Å²) in [7, 11) is 8.52. The molecule has 20 aliphatic carbocycles. The molecule has 0 aromatic carbocycles. The van der Waals surface area contributed by atoms with Gasteiger partial charge in [0.25, 0.3) is 0 Å². The fourth-order valence-corrected chi connectivity index (χ4v) is 42.8. The van der Waals surface area contributed by atoms with Crippen LogP contribution in [-0.2, 0) is 80.9 Å². The van der Waals surface area contributed by atoms with Crippen molar-refractivity contribution < 1.29 is 106 Å². The number of Topliss-reactive ketones (excluding diaryl/α,β-unsaturated/α-hetero) is 3. The molecule has 26 aliphatic rings. The Balaban J connectivity index is 0.000000135. The van der Waals surface area contributed by atoms with E-state index in [1.54, 1.807) is 7.11 Å². The Labute approximate surface area is 905 Å². The summed E-state index contributed by atoms with van der Waals surface area (Å²) >= 11 is 3.19. The van der Waals surface area contributed by atoms with E-state index < -0.39 is 17.4 Å². The van der Waals surface area contributed by atoms with Crippen LogP contribution in [0.1, 0.15) is 380 Å². The number of halogens is 1. The molecule has 6 spiro atoms. The first-order valence-corrected chi connectivity index (χ1v) is 61.1. The number of aliphatic hydroxyl groups is 5. The normalized spacial score (nSPS) is 48.0. The van der Waals surface area contributed by atoms with E-state index in [1.165, 1.54) is 83.5 Å². The molecule has 0 bridgehead atoms. The van der Waals surface area contributed by atoms with Crippen LogP contribution in [0.25, 0.3) is 0 Å². The number of oxime groups is 1. The van der Waals surface area contributed by atoms with Gasteiger partial charge in [0.1, 0.15) is 24.5 Å². The molecular formula is C119H203BClN3O22PS. The monoisotopic (exact) mass is 2140 g/mol. The van der Waals surface area contributed by atoms with Gasteiger partial charge in [0.15, 0.2) is 34.7 Å². The summed E-state index contributed by atoms with van der Waals surface area (Å²) in [6.07, 6.45) is 45.1. The average Bonchev–Trinajstić information content (AvgIpc) is 1.50. The minimum absolute atomic E-state index is 0. The number of hydrogen-bond acceptors (Lipinski definition) is 26. The third-order valence-corrected chi connectivity index (χ3v) is 49.3. The summed E-state index contributed by atoms with van der Waals surface area (Å²) in [5, 5.41) is 58.7. The van der Waals surface area contributed by atoms with Gasteiger partial charge in [-0.3, -0.25) is 14.4 Å². The summed E-state index contributed by atoms with van der Waals surface area (Å²) in [6, 6.07) is 0. The molecule has 0 aromatic rings. The zero-order valence-corrected chi connectivity index (χ0v) is 94.0. The molecule has 148 heavy (non-hydrogen) atoms. The van der Waals surface area contributed by atoms with Crippen molar-refractivity contribution in [1.82, 2.24) is 0 Å². The molecule has 6 heterocycles. The SMILES string of the molecule is C.C.C.CC[C@]12CCC(=O)C[C@@H]1[C@@H](O)CC1C2CC[C@]2(C)C(=O)CCC12.CC[C@]12CCC3(C[C@@H]1/C(=N/OC)CC1C2CC[C@@]2(C)C1CCC21OCCO1)OCCO3.CC[C@]12CCC3(C[C@@H]1C(=O)CC1C2CC[C@@]2(C)C1CCC21OCCO1)OCCO3.CC[C@]12CCC3(C[C@@H]1[C@@H](O)CC1C2CC[C@@]2(C)C1CCC21OCCO1)OCCO3.CC[C@]12CC[C@H](O)C[C@@H]1[C@@H](O)CC1C2CC[C@@]2(C)C1CC[C@@H]2O.CON.CPC.Cl.[B]=NS. The van der Waals surface area contributed by atoms with E-state index in [0.29, 0.717) is 151 Å². The quantitative estimate of drug-likeness (QED) is 0.0562. The van der Waals surface area contributed by atoms with E-state index in [-0.39, 0.29) is 154 Å². The predicted molar refractivity (Wildman–Crippen MR) is 582 cm³/mol. The maximum absolute atomic E-state index is 13.6. The summed E-state index contributed by atoms with van der Waals surface area (Å²) in [5.41, 5.74) is 2.48. The van der Waals surface area contributed by atoms with Crippen LogP contribution in [0.2, 0.25) is 0 Å². The topological polar surface area (TPSA) is 332 Å². The minimum atomic E-state index is -0.474. The number of fused-ring (bicyclic) bond motifs is 28. The van der Waals surface area contributed by atoms with Crippen LogP contribution >= 0.6 is 33.8 Å². The summed E-state index contributed by atoms with van der Waals surface area (Å²) in [5.74, 6) is 13.5. The van der Waals surface area contributed by atoms with Crippen LogP contribution < -0.4 is 5.90 Å². The standard InChI is InChI=1S/C25H39NO5.C24H38O5.C24H36O5.C20H34O3.C20H30O3.C2H7P.CH5NO.3CH4.BHNS.ClH/c1-4-23-9-10-24(28-11-12-29-24)16-20(23)21(26-27-3)15-17-18-6-8-25(30-13-14-31-25)22(18,2)7-5-19(17)23;2*1-3-22-8-9-23(26-10-11-27-23)15-19(22)20(25)14-16-17-5-7-24(28-12-13-29-24)21(17,2)6-4-18(16)22;2*1-3-20-9-6-12(21)10-16(20)17(22)11-13-14-4-5-18(23)19(14,2)8-7-15(13)20;2*1-3-2;;;;1-2-3;/h17-20H,4-16H2,1-3H3;16-20,25H,3-15H2,1-2H3;16-19H,3-15H2,1-2H3;12-18,21-23H,3-11H2,1-2H3;13-17,22H,3-11H2,1-2H3;3H,1-2H3;2H2,1H3;3*1H4;3H;1H/b26-21+;;;;;;;;;;;/t17?,18?,19?,20-,22+,23-;16?,17?,18?,19-,20+,21+,22-;16?,17?,18?,19-,21+,22-;12-,13?,14?,15?,16+,17-,18-,19-,20+;13?,14?,15?,16-,17+,19+,20-;;;;;;;/m11101......./s1. The van der Waals surface area contributed by atoms with Gasteiger partial charge in [0.05, 0.1) is 123 Å². The Bertz CT molecular complexity index is 4470. The van der Waals surface area contributed by atoms with Crippen molar-refractivity contribution in [3.63, 3.8) is 0 Å². The van der Waals surface area contributed by atoms with Gasteiger partial charge >= 0.3 is 24.8 Å². The summed E-state index contributed by atoms with van der Waals surface area (Å²) in [6.45, 7) is 36.3. The second kappa shape index (κ2) is 46.6. The van der Waals surface area contributed by atoms with Gasteiger partial charge in [-0.1, -0.05) is 96.7 Å². The second-order valence-corrected chi connectivity index (χ2v) is 53.9. The van der Waals surface area contributed by atoms with Gasteiger partial charge in [-0.25, -0.2) is 5.90 Å². The van der Waals surface area contributed by atoms with Gasteiger partial charge in [0.2, 0.25) is 0 Å². The molecule has 35 atom stereocenters. The van der Waals surface area contributed by atoms with Crippen molar-refractivity contribution in [2.45, 2.75) is 446 Å². The van der Waals surface area contributed by atoms with E-state index in [9.17, 15) is 39.9 Å². The number of ketones is 3. The predicted octanol–water partition coefficient (Wildman–Crippen LogP) is 22.1. The number of carbonyl (C=O) groups is 3. The van der Waals surface area contributed by atoms with Crippen LogP contribution in [0.3, 0.4) is 0 Å².